The molecule has 9 nitrogen and oxygen atoms in total. The summed E-state index contributed by atoms with van der Waals surface area (Å²) in [5.41, 5.74) is -0.789. The molecule has 2 saturated heterocycles. The third-order valence-electron chi connectivity index (χ3n) is 7.29. The Kier molecular flexibility index (Phi) is 5.61. The molecular weight excluding hydrogens is 464 g/mol. The fourth-order valence-electron chi connectivity index (χ4n) is 5.52. The van der Waals surface area contributed by atoms with Crippen LogP contribution in [0.15, 0.2) is 60.7 Å². The van der Waals surface area contributed by atoms with Crippen molar-refractivity contribution in [3.63, 3.8) is 0 Å². The van der Waals surface area contributed by atoms with E-state index < -0.39 is 47.8 Å². The number of nitrogens with one attached hydrogen (secondary N) is 1. The summed E-state index contributed by atoms with van der Waals surface area (Å²) in [5.74, 6) is -4.69. The number of fused-ring (bicyclic) bond motifs is 2. The lowest BCUT2D eigenvalue weighted by Gasteiger charge is -2.29. The second-order valence-corrected chi connectivity index (χ2v) is 9.08. The quantitative estimate of drug-likeness (QED) is 0.356. The summed E-state index contributed by atoms with van der Waals surface area (Å²) in [4.78, 5) is 52.5. The highest BCUT2D eigenvalue weighted by molar-refractivity contribution is 6.24. The number of methoxy groups -OCH3 is 1. The second-order valence-electron chi connectivity index (χ2n) is 9.08. The van der Waals surface area contributed by atoms with Crippen LogP contribution in [0.1, 0.15) is 28.9 Å². The largest absolute Gasteiger partial charge is 0.496 e. The van der Waals surface area contributed by atoms with Gasteiger partial charge >= 0.3 is 5.97 Å². The van der Waals surface area contributed by atoms with Gasteiger partial charge in [-0.05, 0) is 48.2 Å². The highest BCUT2D eigenvalue weighted by Crippen LogP contribution is 2.51. The first-order valence-electron chi connectivity index (χ1n) is 11.4. The molecule has 2 amide bonds. The number of ketones is 1. The van der Waals surface area contributed by atoms with Crippen molar-refractivity contribution in [2.45, 2.75) is 18.5 Å². The molecule has 3 aromatic carbocycles. The summed E-state index contributed by atoms with van der Waals surface area (Å²) in [6.45, 7) is 0.522. The van der Waals surface area contributed by atoms with Crippen molar-refractivity contribution in [1.82, 2.24) is 5.32 Å². The van der Waals surface area contributed by atoms with Crippen LogP contribution in [-0.4, -0.2) is 53.0 Å². The topological polar surface area (TPSA) is 133 Å². The van der Waals surface area contributed by atoms with Crippen molar-refractivity contribution in [2.24, 2.45) is 11.8 Å². The van der Waals surface area contributed by atoms with Gasteiger partial charge in [-0.2, -0.15) is 0 Å². The van der Waals surface area contributed by atoms with Crippen molar-refractivity contribution < 1.29 is 34.1 Å². The fourth-order valence-corrected chi connectivity index (χ4v) is 5.52. The number of rotatable bonds is 6. The Labute approximate surface area is 206 Å². The van der Waals surface area contributed by atoms with E-state index in [0.29, 0.717) is 16.9 Å². The number of amides is 2. The van der Waals surface area contributed by atoms with Crippen LogP contribution in [-0.2, 0) is 14.4 Å². The summed E-state index contributed by atoms with van der Waals surface area (Å²) >= 11 is 0. The molecule has 36 heavy (non-hydrogen) atoms. The summed E-state index contributed by atoms with van der Waals surface area (Å²) in [5, 5.41) is 24.9. The van der Waals surface area contributed by atoms with Crippen LogP contribution in [0.2, 0.25) is 0 Å². The van der Waals surface area contributed by atoms with Gasteiger partial charge in [0.25, 0.3) is 0 Å². The smallest absolute Gasteiger partial charge is 0.327 e. The molecule has 2 aliphatic rings. The highest BCUT2D eigenvalue weighted by Gasteiger charge is 2.68. The molecule has 3 N–H and O–H groups in total. The van der Waals surface area contributed by atoms with E-state index in [2.05, 4.69) is 5.32 Å². The molecule has 0 radical (unpaired) electrons. The Morgan fingerprint density at radius 1 is 1.00 bits per heavy atom. The first kappa shape index (κ1) is 23.7. The van der Waals surface area contributed by atoms with Crippen LogP contribution in [0.4, 0.5) is 5.69 Å². The van der Waals surface area contributed by atoms with E-state index in [-0.39, 0.29) is 11.5 Å². The maximum atomic E-state index is 13.8. The minimum atomic E-state index is -2.06. The zero-order valence-corrected chi connectivity index (χ0v) is 19.6. The van der Waals surface area contributed by atoms with E-state index >= 15 is 0 Å². The summed E-state index contributed by atoms with van der Waals surface area (Å²) in [6.07, 6.45) is 0. The molecule has 184 valence electrons. The number of hydrogen-bond donors (Lipinski definition) is 3. The zero-order chi connectivity index (χ0) is 25.8. The van der Waals surface area contributed by atoms with Gasteiger partial charge in [0.1, 0.15) is 5.75 Å². The third-order valence-corrected chi connectivity index (χ3v) is 7.29. The molecule has 4 atom stereocenters. The molecule has 0 aliphatic carbocycles. The number of carboxylic acid groups (broad SMARTS) is 1. The number of nitrogens with zero attached hydrogens (tertiary/aromatic N) is 1. The van der Waals surface area contributed by atoms with Crippen LogP contribution in [0.5, 0.6) is 5.75 Å². The van der Waals surface area contributed by atoms with Crippen LogP contribution >= 0.6 is 0 Å². The van der Waals surface area contributed by atoms with Gasteiger partial charge in [-0.1, -0.05) is 30.3 Å². The molecule has 2 heterocycles. The highest BCUT2D eigenvalue weighted by atomic mass is 16.5. The SMILES string of the molecule is COc1ccc(C2NC(CO)(C(=O)O)C3C(=O)N(c4ccc(C(C)=O)cc4)C(=O)C23)c2ccccc12. The number of carbonyl (C=O) groups is 4. The van der Waals surface area contributed by atoms with Gasteiger partial charge < -0.3 is 14.9 Å². The number of aliphatic hydroxyl groups is 1. The monoisotopic (exact) mass is 488 g/mol. The van der Waals surface area contributed by atoms with E-state index in [1.807, 2.05) is 24.3 Å². The van der Waals surface area contributed by atoms with Crippen molar-refractivity contribution >= 4 is 40.0 Å². The predicted molar refractivity (Wildman–Crippen MR) is 130 cm³/mol. The van der Waals surface area contributed by atoms with E-state index in [1.54, 1.807) is 19.2 Å². The molecule has 0 bridgehead atoms. The lowest BCUT2D eigenvalue weighted by Crippen LogP contribution is -2.58. The Balaban J connectivity index is 1.67. The second kappa shape index (κ2) is 8.54. The van der Waals surface area contributed by atoms with Gasteiger partial charge in [-0.3, -0.25) is 24.5 Å². The number of carbonyl (C=O) groups excluding carboxylic acids is 3. The molecule has 5 rings (SSSR count). The Morgan fingerprint density at radius 3 is 2.25 bits per heavy atom. The van der Waals surface area contributed by atoms with Gasteiger partial charge in [-0.15, -0.1) is 0 Å². The maximum absolute atomic E-state index is 13.8. The number of aliphatic hydroxyl groups excluding tert-OH is 1. The fraction of sp³-hybridized carbons (Fsp3) is 0.259. The number of benzene rings is 3. The molecule has 0 saturated carbocycles. The zero-order valence-electron chi connectivity index (χ0n) is 19.6. The number of hydrogen-bond acceptors (Lipinski definition) is 7. The summed E-state index contributed by atoms with van der Waals surface area (Å²) in [6, 6.07) is 15.9. The lowest BCUT2D eigenvalue weighted by molar-refractivity contribution is -0.150. The average molecular weight is 488 g/mol. The van der Waals surface area contributed by atoms with E-state index in [9.17, 15) is 29.4 Å². The molecule has 0 aromatic heterocycles. The van der Waals surface area contributed by atoms with Gasteiger partial charge in [0, 0.05) is 17.0 Å². The van der Waals surface area contributed by atoms with Gasteiger partial charge in [-0.25, -0.2) is 4.90 Å². The molecule has 2 fully saturated rings. The normalized spacial score (nSPS) is 25.3. The van der Waals surface area contributed by atoms with Crippen LogP contribution < -0.4 is 15.0 Å². The lowest BCUT2D eigenvalue weighted by atomic mass is 9.79. The Morgan fingerprint density at radius 2 is 1.67 bits per heavy atom. The maximum Gasteiger partial charge on any atom is 0.327 e. The van der Waals surface area contributed by atoms with Crippen molar-refractivity contribution in [2.75, 3.05) is 18.6 Å². The predicted octanol–water partition coefficient (Wildman–Crippen LogP) is 2.32. The number of aliphatic carboxylic acids is 1. The standard InChI is InChI=1S/C27H24N2O7/c1-14(31)15-7-9-16(10-8-15)29-24(32)21-22(25(29)33)27(13-30,26(34)35)28-23(21)19-11-12-20(36-2)18-6-4-3-5-17(18)19/h3-12,21-23,28,30H,13H2,1-2H3,(H,34,35). The number of ether oxygens (including phenoxy) is 1. The number of imide groups is 1. The first-order valence-corrected chi connectivity index (χ1v) is 11.4. The molecule has 2 aliphatic heterocycles. The van der Waals surface area contributed by atoms with Gasteiger partial charge in [0.2, 0.25) is 11.8 Å². The van der Waals surface area contributed by atoms with Crippen molar-refractivity contribution in [3.8, 4) is 5.75 Å². The van der Waals surface area contributed by atoms with Crippen LogP contribution in [0.25, 0.3) is 10.8 Å². The van der Waals surface area contributed by atoms with Crippen LogP contribution in [0, 0.1) is 11.8 Å². The van der Waals surface area contributed by atoms with E-state index in [4.69, 9.17) is 4.74 Å². The Bertz CT molecular complexity index is 1420. The number of carboxylic acids is 1. The van der Waals surface area contributed by atoms with Crippen LogP contribution in [0.3, 0.4) is 0 Å². The molecular formula is C27H24N2O7. The van der Waals surface area contributed by atoms with E-state index in [1.165, 1.54) is 31.2 Å². The number of Topliss-reactive ketones (excluding diaryl/α,β-unsaturated/α-hetero) is 1. The summed E-state index contributed by atoms with van der Waals surface area (Å²) in [7, 11) is 1.54. The Hall–Kier alpha value is -4.08. The first-order chi connectivity index (χ1) is 17.2. The van der Waals surface area contributed by atoms with Crippen molar-refractivity contribution in [3.05, 3.63) is 71.8 Å². The minimum absolute atomic E-state index is 0.168. The number of anilines is 1. The third kappa shape index (κ3) is 3.24. The minimum Gasteiger partial charge on any atom is -0.496 e. The average Bonchev–Trinajstić information content (AvgIpc) is 3.37. The molecule has 9 heteroatoms. The van der Waals surface area contributed by atoms with Gasteiger partial charge in [0.05, 0.1) is 31.2 Å². The molecule has 3 aromatic rings. The van der Waals surface area contributed by atoms with Crippen molar-refractivity contribution in [1.29, 1.82) is 0 Å². The summed E-state index contributed by atoms with van der Waals surface area (Å²) < 4.78 is 5.46. The molecule has 0 spiro atoms. The van der Waals surface area contributed by atoms with Gasteiger partial charge in [0.15, 0.2) is 11.3 Å². The molecule has 4 unspecified atom stereocenters. The van der Waals surface area contributed by atoms with E-state index in [0.717, 1.165) is 15.7 Å².